The van der Waals surface area contributed by atoms with Gasteiger partial charge in [-0.2, -0.15) is 0 Å². The number of halogens is 2. The van der Waals surface area contributed by atoms with E-state index in [0.717, 1.165) is 11.8 Å². The summed E-state index contributed by atoms with van der Waals surface area (Å²) in [5, 5.41) is 1.29. The molecule has 0 radical (unpaired) electrons. The zero-order valence-electron chi connectivity index (χ0n) is 13.9. The van der Waals surface area contributed by atoms with Crippen LogP contribution < -0.4 is 5.56 Å². The molecule has 2 aromatic carbocycles. The summed E-state index contributed by atoms with van der Waals surface area (Å²) in [6.07, 6.45) is 0. The van der Waals surface area contributed by atoms with Gasteiger partial charge in [-0.05, 0) is 49.4 Å². The average Bonchev–Trinajstić information content (AvgIpc) is 2.62. The van der Waals surface area contributed by atoms with Crippen molar-refractivity contribution in [2.24, 2.45) is 0 Å². The van der Waals surface area contributed by atoms with Gasteiger partial charge in [0, 0.05) is 10.0 Å². The van der Waals surface area contributed by atoms with Crippen molar-refractivity contribution < 1.29 is 9.53 Å². The number of hydrogen-bond acceptors (Lipinski definition) is 5. The largest absolute Gasteiger partial charge is 0.468 e. The van der Waals surface area contributed by atoms with E-state index in [-0.39, 0.29) is 5.56 Å². The number of aromatic nitrogens is 2. The van der Waals surface area contributed by atoms with E-state index in [1.807, 2.05) is 0 Å². The van der Waals surface area contributed by atoms with Crippen molar-refractivity contribution in [2.45, 2.75) is 17.3 Å². The van der Waals surface area contributed by atoms with Crippen LogP contribution in [0.15, 0.2) is 52.4 Å². The minimum absolute atomic E-state index is 0.256. The van der Waals surface area contributed by atoms with Crippen molar-refractivity contribution in [3.8, 4) is 5.69 Å². The topological polar surface area (TPSA) is 61.2 Å². The number of nitrogens with zero attached hydrogens (tertiary/aromatic N) is 2. The van der Waals surface area contributed by atoms with Crippen LogP contribution >= 0.6 is 35.0 Å². The Labute approximate surface area is 163 Å². The fourth-order valence-electron chi connectivity index (χ4n) is 2.41. The van der Waals surface area contributed by atoms with Gasteiger partial charge in [0.2, 0.25) is 0 Å². The summed E-state index contributed by atoms with van der Waals surface area (Å²) in [7, 11) is 1.32. The molecule has 3 aromatic rings. The summed E-state index contributed by atoms with van der Waals surface area (Å²) in [6, 6.07) is 11.7. The molecular weight excluding hydrogens is 395 g/mol. The van der Waals surface area contributed by atoms with Gasteiger partial charge in [-0.25, -0.2) is 4.98 Å². The van der Waals surface area contributed by atoms with Gasteiger partial charge >= 0.3 is 5.97 Å². The molecule has 26 heavy (non-hydrogen) atoms. The number of benzene rings is 2. The van der Waals surface area contributed by atoms with Crippen LogP contribution in [0.2, 0.25) is 10.0 Å². The molecule has 134 valence electrons. The zero-order valence-corrected chi connectivity index (χ0v) is 16.2. The lowest BCUT2D eigenvalue weighted by Gasteiger charge is -2.15. The molecule has 0 aliphatic rings. The second-order valence-electron chi connectivity index (χ2n) is 5.46. The monoisotopic (exact) mass is 408 g/mol. The van der Waals surface area contributed by atoms with Gasteiger partial charge in [0.25, 0.3) is 5.56 Å². The van der Waals surface area contributed by atoms with Gasteiger partial charge < -0.3 is 4.74 Å². The molecule has 0 aliphatic carbocycles. The first-order valence-electron chi connectivity index (χ1n) is 7.63. The van der Waals surface area contributed by atoms with Crippen LogP contribution in [0.25, 0.3) is 16.6 Å². The minimum atomic E-state index is -0.540. The predicted octanol–water partition coefficient (Wildman–Crippen LogP) is 4.35. The molecule has 3 rings (SSSR count). The highest BCUT2D eigenvalue weighted by Gasteiger charge is 2.20. The summed E-state index contributed by atoms with van der Waals surface area (Å²) in [6.45, 7) is 1.69. The predicted molar refractivity (Wildman–Crippen MR) is 105 cm³/mol. The molecule has 0 amide bonds. The average molecular weight is 409 g/mol. The maximum atomic E-state index is 13.1. The number of carbonyl (C=O) groups is 1. The lowest BCUT2D eigenvalue weighted by Crippen LogP contribution is -2.24. The summed E-state index contributed by atoms with van der Waals surface area (Å²) >= 11 is 13.1. The quantitative estimate of drug-likeness (QED) is 0.364. The third-order valence-corrected chi connectivity index (χ3v) is 5.22. The van der Waals surface area contributed by atoms with E-state index in [1.54, 1.807) is 49.4 Å². The number of carbonyl (C=O) groups excluding carboxylic acids is 1. The Bertz CT molecular complexity index is 1040. The number of methoxy groups -OCH3 is 1. The highest BCUT2D eigenvalue weighted by Crippen LogP contribution is 2.27. The molecule has 0 spiro atoms. The van der Waals surface area contributed by atoms with E-state index in [9.17, 15) is 9.59 Å². The van der Waals surface area contributed by atoms with Gasteiger partial charge in [0.05, 0.1) is 23.7 Å². The lowest BCUT2D eigenvalue weighted by atomic mass is 10.2. The Hall–Kier alpha value is -2.02. The first-order chi connectivity index (χ1) is 12.4. The minimum Gasteiger partial charge on any atom is -0.468 e. The fourth-order valence-corrected chi connectivity index (χ4v) is 3.65. The molecule has 0 saturated heterocycles. The Morgan fingerprint density at radius 2 is 1.81 bits per heavy atom. The zero-order chi connectivity index (χ0) is 18.8. The summed E-state index contributed by atoms with van der Waals surface area (Å²) < 4.78 is 6.22. The van der Waals surface area contributed by atoms with E-state index in [2.05, 4.69) is 4.98 Å². The number of hydrogen-bond donors (Lipinski definition) is 0. The van der Waals surface area contributed by atoms with Gasteiger partial charge in [-0.15, -0.1) is 0 Å². The highest BCUT2D eigenvalue weighted by molar-refractivity contribution is 8.00. The van der Waals surface area contributed by atoms with Crippen LogP contribution in [0.1, 0.15) is 6.92 Å². The highest BCUT2D eigenvalue weighted by atomic mass is 35.5. The van der Waals surface area contributed by atoms with E-state index in [1.165, 1.54) is 11.7 Å². The molecular formula is C18H14Cl2N2O3S. The van der Waals surface area contributed by atoms with Gasteiger partial charge in [-0.1, -0.05) is 35.0 Å². The number of fused-ring (bicyclic) bond motifs is 1. The van der Waals surface area contributed by atoms with E-state index in [4.69, 9.17) is 27.9 Å². The molecule has 8 heteroatoms. The molecule has 1 aromatic heterocycles. The third-order valence-electron chi connectivity index (χ3n) is 3.70. The molecule has 1 heterocycles. The van der Waals surface area contributed by atoms with Crippen LogP contribution in [0.3, 0.4) is 0 Å². The van der Waals surface area contributed by atoms with Crippen molar-refractivity contribution in [1.82, 2.24) is 9.55 Å². The number of rotatable bonds is 4. The third kappa shape index (κ3) is 3.72. The lowest BCUT2D eigenvalue weighted by molar-refractivity contribution is -0.139. The normalized spacial score (nSPS) is 12.2. The second kappa shape index (κ2) is 7.70. The Kier molecular flexibility index (Phi) is 5.55. The summed E-state index contributed by atoms with van der Waals surface area (Å²) in [4.78, 5) is 29.5. The maximum Gasteiger partial charge on any atom is 0.318 e. The second-order valence-corrected chi connectivity index (χ2v) is 7.64. The molecule has 0 unspecified atom stereocenters. The Morgan fingerprint density at radius 3 is 2.46 bits per heavy atom. The van der Waals surface area contributed by atoms with Crippen molar-refractivity contribution in [3.05, 3.63) is 62.9 Å². The molecule has 5 nitrogen and oxygen atoms in total. The van der Waals surface area contributed by atoms with Gasteiger partial charge in [0.15, 0.2) is 5.16 Å². The SMILES string of the molecule is COC(=O)[C@H](C)Sc1nc2cc(Cl)ccc2c(=O)n1-c1ccc(Cl)cc1. The number of ether oxygens (including phenoxy) is 1. The number of esters is 1. The molecule has 0 bridgehead atoms. The van der Waals surface area contributed by atoms with Crippen molar-refractivity contribution in [1.29, 1.82) is 0 Å². The molecule has 0 aliphatic heterocycles. The van der Waals surface area contributed by atoms with Crippen LogP contribution in [-0.4, -0.2) is 27.9 Å². The first kappa shape index (κ1) is 18.8. The van der Waals surface area contributed by atoms with Crippen LogP contribution in [0.5, 0.6) is 0 Å². The van der Waals surface area contributed by atoms with Gasteiger partial charge in [0.1, 0.15) is 5.25 Å². The van der Waals surface area contributed by atoms with Crippen LogP contribution in [0.4, 0.5) is 0 Å². The Morgan fingerprint density at radius 1 is 1.15 bits per heavy atom. The maximum absolute atomic E-state index is 13.1. The van der Waals surface area contributed by atoms with E-state index < -0.39 is 11.2 Å². The van der Waals surface area contributed by atoms with Crippen LogP contribution in [-0.2, 0) is 9.53 Å². The van der Waals surface area contributed by atoms with Crippen molar-refractivity contribution in [2.75, 3.05) is 7.11 Å². The van der Waals surface area contributed by atoms with Crippen molar-refractivity contribution >= 4 is 51.8 Å². The summed E-state index contributed by atoms with van der Waals surface area (Å²) in [5.74, 6) is -0.405. The molecule has 1 atom stereocenters. The fraction of sp³-hybridized carbons (Fsp3) is 0.167. The molecule has 0 N–H and O–H groups in total. The van der Waals surface area contributed by atoms with E-state index in [0.29, 0.717) is 31.8 Å². The van der Waals surface area contributed by atoms with Crippen LogP contribution in [0, 0.1) is 0 Å². The van der Waals surface area contributed by atoms with Gasteiger partial charge in [-0.3, -0.25) is 14.2 Å². The summed E-state index contributed by atoms with van der Waals surface area (Å²) in [5.41, 5.74) is 0.809. The first-order valence-corrected chi connectivity index (χ1v) is 9.27. The smallest absolute Gasteiger partial charge is 0.318 e. The van der Waals surface area contributed by atoms with Crippen molar-refractivity contribution in [3.63, 3.8) is 0 Å². The van der Waals surface area contributed by atoms with E-state index >= 15 is 0 Å². The molecule has 0 saturated carbocycles. The Balaban J connectivity index is 2.25. The standard InChI is InChI=1S/C18H14Cl2N2O3S/c1-10(17(24)25-2)26-18-21-15-9-12(20)5-8-14(15)16(23)22(18)13-6-3-11(19)4-7-13/h3-10H,1-2H3/t10-/m0/s1. The molecule has 0 fully saturated rings. The number of thioether (sulfide) groups is 1.